The number of rotatable bonds is 6. The van der Waals surface area contributed by atoms with Crippen LogP contribution in [-0.2, 0) is 4.74 Å². The number of allylic oxidation sites excluding steroid dienone is 2. The summed E-state index contributed by atoms with van der Waals surface area (Å²) in [5.41, 5.74) is 1.87. The Bertz CT molecular complexity index is 1040. The Labute approximate surface area is 151 Å². The third-order valence-corrected chi connectivity index (χ3v) is 4.92. The Kier molecular flexibility index (Phi) is 4.11. The van der Waals surface area contributed by atoms with E-state index in [9.17, 15) is 4.79 Å². The molecule has 1 aliphatic rings. The first-order valence-electron chi connectivity index (χ1n) is 8.84. The molecule has 136 valence electrons. The summed E-state index contributed by atoms with van der Waals surface area (Å²) in [7, 11) is 0. The van der Waals surface area contributed by atoms with Gasteiger partial charge in [-0.15, -0.1) is 0 Å². The summed E-state index contributed by atoms with van der Waals surface area (Å²) in [6.45, 7) is 6.77. The Morgan fingerprint density at radius 1 is 1.23 bits per heavy atom. The van der Waals surface area contributed by atoms with Crippen molar-refractivity contribution < 1.29 is 18.3 Å². The van der Waals surface area contributed by atoms with Crippen LogP contribution in [0.5, 0.6) is 5.75 Å². The van der Waals surface area contributed by atoms with E-state index in [1.807, 2.05) is 6.07 Å². The van der Waals surface area contributed by atoms with E-state index in [2.05, 4.69) is 26.8 Å². The molecular formula is C21H22O5. The van der Waals surface area contributed by atoms with E-state index in [0.717, 1.165) is 23.6 Å². The lowest BCUT2D eigenvalue weighted by atomic mass is 10.0. The van der Waals surface area contributed by atoms with Gasteiger partial charge >= 0.3 is 5.63 Å². The third-order valence-electron chi connectivity index (χ3n) is 4.92. The molecule has 0 radical (unpaired) electrons. The highest BCUT2D eigenvalue weighted by atomic mass is 16.6. The molecule has 1 aliphatic heterocycles. The first-order chi connectivity index (χ1) is 12.5. The number of hydrogen-bond acceptors (Lipinski definition) is 5. The quantitative estimate of drug-likeness (QED) is 0.361. The maximum absolute atomic E-state index is 11.5. The molecule has 2 atom stereocenters. The standard InChI is InChI=1S/C21H22O5/c1-13(2)5-4-9-21(3)18(26-21)12-24-20-14-6-7-19(22)25-17(14)11-16-15(20)8-10-23-16/h5-8,10-11,18H,4,9,12H2,1-3H3/t18-,21-/m0/s1. The molecule has 1 aromatic carbocycles. The van der Waals surface area contributed by atoms with Crippen LogP contribution in [0.1, 0.15) is 33.6 Å². The molecule has 0 saturated carbocycles. The van der Waals surface area contributed by atoms with Gasteiger partial charge in [0.05, 0.1) is 22.6 Å². The molecule has 0 spiro atoms. The van der Waals surface area contributed by atoms with Crippen molar-refractivity contribution >= 4 is 21.9 Å². The van der Waals surface area contributed by atoms with Crippen LogP contribution in [0.25, 0.3) is 21.9 Å². The normalized spacial score (nSPS) is 21.9. The molecule has 0 N–H and O–H groups in total. The van der Waals surface area contributed by atoms with Crippen molar-refractivity contribution in [3.05, 3.63) is 52.6 Å². The summed E-state index contributed by atoms with van der Waals surface area (Å²) in [6, 6.07) is 6.70. The van der Waals surface area contributed by atoms with Crippen LogP contribution in [0.15, 0.2) is 55.8 Å². The van der Waals surface area contributed by atoms with Crippen molar-refractivity contribution in [1.82, 2.24) is 0 Å². The van der Waals surface area contributed by atoms with Crippen LogP contribution in [-0.4, -0.2) is 18.3 Å². The van der Waals surface area contributed by atoms with Gasteiger partial charge in [0.1, 0.15) is 29.6 Å². The zero-order chi connectivity index (χ0) is 18.3. The highest BCUT2D eigenvalue weighted by Crippen LogP contribution is 2.42. The highest BCUT2D eigenvalue weighted by molar-refractivity contribution is 6.01. The number of hydrogen-bond donors (Lipinski definition) is 0. The van der Waals surface area contributed by atoms with Crippen LogP contribution >= 0.6 is 0 Å². The topological polar surface area (TPSA) is 65.1 Å². The Hall–Kier alpha value is -2.53. The van der Waals surface area contributed by atoms with Crippen LogP contribution in [0.3, 0.4) is 0 Å². The lowest BCUT2D eigenvalue weighted by Gasteiger charge is -2.10. The molecule has 1 fully saturated rings. The largest absolute Gasteiger partial charge is 0.489 e. The van der Waals surface area contributed by atoms with Gasteiger partial charge in [-0.2, -0.15) is 0 Å². The van der Waals surface area contributed by atoms with Crippen LogP contribution in [0.4, 0.5) is 0 Å². The first-order valence-corrected chi connectivity index (χ1v) is 8.84. The fourth-order valence-electron chi connectivity index (χ4n) is 3.29. The Balaban J connectivity index is 1.55. The summed E-state index contributed by atoms with van der Waals surface area (Å²) in [5, 5.41) is 1.61. The third kappa shape index (κ3) is 3.15. The number of fused-ring (bicyclic) bond motifs is 2. The van der Waals surface area contributed by atoms with Crippen molar-refractivity contribution in [2.75, 3.05) is 6.61 Å². The molecule has 1 saturated heterocycles. The summed E-state index contributed by atoms with van der Waals surface area (Å²) in [4.78, 5) is 11.5. The monoisotopic (exact) mass is 354 g/mol. The van der Waals surface area contributed by atoms with Crippen LogP contribution in [0.2, 0.25) is 0 Å². The molecule has 0 bridgehead atoms. The fourth-order valence-corrected chi connectivity index (χ4v) is 3.29. The molecule has 0 amide bonds. The van der Waals surface area contributed by atoms with Crippen molar-refractivity contribution in [2.24, 2.45) is 0 Å². The maximum Gasteiger partial charge on any atom is 0.336 e. The molecule has 3 aromatic rings. The Morgan fingerprint density at radius 2 is 2.04 bits per heavy atom. The maximum atomic E-state index is 11.5. The van der Waals surface area contributed by atoms with Gasteiger partial charge in [-0.1, -0.05) is 11.6 Å². The minimum absolute atomic E-state index is 0.0565. The van der Waals surface area contributed by atoms with Crippen LogP contribution in [0, 0.1) is 0 Å². The second-order valence-corrected chi connectivity index (χ2v) is 7.25. The van der Waals surface area contributed by atoms with Crippen LogP contribution < -0.4 is 10.4 Å². The van der Waals surface area contributed by atoms with E-state index >= 15 is 0 Å². The average Bonchev–Trinajstić information content (AvgIpc) is 3.00. The minimum Gasteiger partial charge on any atom is -0.489 e. The lowest BCUT2D eigenvalue weighted by Crippen LogP contribution is -2.16. The van der Waals surface area contributed by atoms with E-state index in [-0.39, 0.29) is 11.7 Å². The van der Waals surface area contributed by atoms with Crippen molar-refractivity contribution in [1.29, 1.82) is 0 Å². The second kappa shape index (κ2) is 6.32. The lowest BCUT2D eigenvalue weighted by molar-refractivity contribution is 0.252. The van der Waals surface area contributed by atoms with Gasteiger partial charge in [0.25, 0.3) is 0 Å². The van der Waals surface area contributed by atoms with E-state index in [1.54, 1.807) is 18.4 Å². The molecule has 2 aromatic heterocycles. The molecule has 0 unspecified atom stereocenters. The van der Waals surface area contributed by atoms with E-state index < -0.39 is 5.63 Å². The number of furan rings is 1. The average molecular weight is 354 g/mol. The summed E-state index contributed by atoms with van der Waals surface area (Å²) in [6.07, 6.45) is 5.86. The van der Waals surface area contributed by atoms with E-state index in [0.29, 0.717) is 23.5 Å². The summed E-state index contributed by atoms with van der Waals surface area (Å²) < 4.78 is 22.7. The van der Waals surface area contributed by atoms with Crippen molar-refractivity contribution in [3.8, 4) is 5.75 Å². The molecule has 3 heterocycles. The first kappa shape index (κ1) is 16.9. The van der Waals surface area contributed by atoms with Gasteiger partial charge in [-0.25, -0.2) is 4.79 Å². The molecule has 5 nitrogen and oxygen atoms in total. The molecular weight excluding hydrogens is 332 g/mol. The SMILES string of the molecule is CC(C)=CCC[C@]1(C)O[C@H]1COc1c2ccoc2cc2oc(=O)ccc12. The van der Waals surface area contributed by atoms with Crippen molar-refractivity contribution in [2.45, 2.75) is 45.3 Å². The van der Waals surface area contributed by atoms with Gasteiger partial charge in [-0.3, -0.25) is 0 Å². The predicted octanol–water partition coefficient (Wildman–Crippen LogP) is 4.82. The van der Waals surface area contributed by atoms with Gasteiger partial charge in [0.2, 0.25) is 0 Å². The predicted molar refractivity (Wildman–Crippen MR) is 99.7 cm³/mol. The second-order valence-electron chi connectivity index (χ2n) is 7.25. The fraction of sp³-hybridized carbons (Fsp3) is 0.381. The van der Waals surface area contributed by atoms with E-state index in [4.69, 9.17) is 18.3 Å². The number of benzene rings is 1. The minimum atomic E-state index is -0.397. The van der Waals surface area contributed by atoms with Gasteiger partial charge in [0.15, 0.2) is 0 Å². The van der Waals surface area contributed by atoms with Gasteiger partial charge in [-0.05, 0) is 45.7 Å². The molecule has 26 heavy (non-hydrogen) atoms. The Morgan fingerprint density at radius 3 is 2.85 bits per heavy atom. The summed E-state index contributed by atoms with van der Waals surface area (Å²) in [5.74, 6) is 0.664. The zero-order valence-corrected chi connectivity index (χ0v) is 15.2. The van der Waals surface area contributed by atoms with Gasteiger partial charge in [0, 0.05) is 12.1 Å². The van der Waals surface area contributed by atoms with E-state index in [1.165, 1.54) is 11.6 Å². The molecule has 0 aliphatic carbocycles. The smallest absolute Gasteiger partial charge is 0.336 e. The summed E-state index contributed by atoms with van der Waals surface area (Å²) >= 11 is 0. The molecule has 5 heteroatoms. The number of ether oxygens (including phenoxy) is 2. The molecule has 4 rings (SSSR count). The van der Waals surface area contributed by atoms with Gasteiger partial charge < -0.3 is 18.3 Å². The van der Waals surface area contributed by atoms with Crippen molar-refractivity contribution in [3.63, 3.8) is 0 Å². The number of epoxide rings is 1. The highest BCUT2D eigenvalue weighted by Gasteiger charge is 2.51. The zero-order valence-electron chi connectivity index (χ0n) is 15.2.